The van der Waals surface area contributed by atoms with E-state index in [4.69, 9.17) is 0 Å². The Labute approximate surface area is 128 Å². The maximum absolute atomic E-state index is 3.72. The molecule has 110 valence electrons. The number of aryl methyl sites for hydroxylation is 1. The van der Waals surface area contributed by atoms with Crippen molar-refractivity contribution in [1.82, 2.24) is 0 Å². The molecule has 0 heterocycles. The summed E-state index contributed by atoms with van der Waals surface area (Å²) in [7, 11) is 0. The maximum atomic E-state index is 3.72. The van der Waals surface area contributed by atoms with Crippen LogP contribution in [0.3, 0.4) is 0 Å². The topological polar surface area (TPSA) is 12.0 Å². The third-order valence-corrected chi connectivity index (χ3v) is 4.46. The van der Waals surface area contributed by atoms with E-state index in [1.807, 2.05) is 0 Å². The van der Waals surface area contributed by atoms with Gasteiger partial charge in [-0.2, -0.15) is 0 Å². The van der Waals surface area contributed by atoms with E-state index in [0.717, 1.165) is 0 Å². The molecule has 1 aliphatic rings. The van der Waals surface area contributed by atoms with Crippen LogP contribution in [0.2, 0.25) is 0 Å². The lowest BCUT2D eigenvalue weighted by Crippen LogP contribution is -2.17. The molecule has 0 bridgehead atoms. The standard InChI is InChI=1S/C20H25N/c1-20(2,3)16-11-13-17(14-12-16)21-19-10-6-8-15-7-4-5-9-18(15)19/h4-5,7,9,11-14,19,21H,6,8,10H2,1-3H3. The van der Waals surface area contributed by atoms with Crippen LogP contribution in [-0.2, 0) is 11.8 Å². The molecule has 0 saturated carbocycles. The Balaban J connectivity index is 1.79. The molecule has 2 aromatic rings. The lowest BCUT2D eigenvalue weighted by Gasteiger charge is -2.27. The van der Waals surface area contributed by atoms with Crippen LogP contribution in [-0.4, -0.2) is 0 Å². The van der Waals surface area contributed by atoms with Crippen LogP contribution < -0.4 is 5.32 Å². The summed E-state index contributed by atoms with van der Waals surface area (Å²) >= 11 is 0. The third kappa shape index (κ3) is 3.12. The summed E-state index contributed by atoms with van der Waals surface area (Å²) in [6.07, 6.45) is 3.71. The van der Waals surface area contributed by atoms with E-state index < -0.39 is 0 Å². The van der Waals surface area contributed by atoms with Crippen molar-refractivity contribution in [2.75, 3.05) is 5.32 Å². The minimum absolute atomic E-state index is 0.218. The SMILES string of the molecule is CC(C)(C)c1ccc(NC2CCCc3ccccc32)cc1. The van der Waals surface area contributed by atoms with Crippen molar-refractivity contribution in [2.24, 2.45) is 0 Å². The van der Waals surface area contributed by atoms with E-state index in [9.17, 15) is 0 Å². The van der Waals surface area contributed by atoms with Crippen molar-refractivity contribution >= 4 is 5.69 Å². The van der Waals surface area contributed by atoms with E-state index in [1.165, 1.54) is 41.6 Å². The zero-order chi connectivity index (χ0) is 14.9. The molecule has 1 nitrogen and oxygen atoms in total. The van der Waals surface area contributed by atoms with E-state index in [-0.39, 0.29) is 5.41 Å². The van der Waals surface area contributed by atoms with Gasteiger partial charge in [-0.3, -0.25) is 0 Å². The largest absolute Gasteiger partial charge is 0.378 e. The van der Waals surface area contributed by atoms with Crippen molar-refractivity contribution in [3.8, 4) is 0 Å². The molecule has 1 N–H and O–H groups in total. The second kappa shape index (κ2) is 5.55. The zero-order valence-corrected chi connectivity index (χ0v) is 13.3. The van der Waals surface area contributed by atoms with Crippen LogP contribution in [0.1, 0.15) is 56.3 Å². The molecule has 0 amide bonds. The normalized spacial score (nSPS) is 18.1. The summed E-state index contributed by atoms with van der Waals surface area (Å²) in [4.78, 5) is 0. The molecule has 1 heteroatoms. The Morgan fingerprint density at radius 3 is 2.38 bits per heavy atom. The van der Waals surface area contributed by atoms with Gasteiger partial charge in [-0.25, -0.2) is 0 Å². The van der Waals surface area contributed by atoms with Gasteiger partial charge in [0.25, 0.3) is 0 Å². The maximum Gasteiger partial charge on any atom is 0.0516 e. The Kier molecular flexibility index (Phi) is 3.75. The smallest absolute Gasteiger partial charge is 0.0516 e. The molecule has 1 atom stereocenters. The predicted molar refractivity (Wildman–Crippen MR) is 90.9 cm³/mol. The number of hydrogen-bond donors (Lipinski definition) is 1. The lowest BCUT2D eigenvalue weighted by molar-refractivity contribution is 0.589. The van der Waals surface area contributed by atoms with E-state index >= 15 is 0 Å². The molecule has 0 aliphatic heterocycles. The van der Waals surface area contributed by atoms with Gasteiger partial charge in [-0.15, -0.1) is 0 Å². The predicted octanol–water partition coefficient (Wildman–Crippen LogP) is 5.47. The van der Waals surface area contributed by atoms with Gasteiger partial charge in [0, 0.05) is 5.69 Å². The molecule has 21 heavy (non-hydrogen) atoms. The fraction of sp³-hybridized carbons (Fsp3) is 0.400. The number of anilines is 1. The van der Waals surface area contributed by atoms with Crippen molar-refractivity contribution in [3.05, 3.63) is 65.2 Å². The molecule has 1 aliphatic carbocycles. The second-order valence-corrected chi connectivity index (χ2v) is 7.12. The Morgan fingerprint density at radius 2 is 1.67 bits per heavy atom. The van der Waals surface area contributed by atoms with Gasteiger partial charge >= 0.3 is 0 Å². The van der Waals surface area contributed by atoms with Crippen molar-refractivity contribution in [1.29, 1.82) is 0 Å². The third-order valence-electron chi connectivity index (χ3n) is 4.46. The number of nitrogens with one attached hydrogen (secondary N) is 1. The summed E-state index contributed by atoms with van der Waals surface area (Å²) in [5.41, 5.74) is 5.81. The molecule has 0 saturated heterocycles. The van der Waals surface area contributed by atoms with E-state index in [1.54, 1.807) is 0 Å². The quantitative estimate of drug-likeness (QED) is 0.768. The van der Waals surface area contributed by atoms with Crippen LogP contribution in [0.25, 0.3) is 0 Å². The molecule has 0 radical (unpaired) electrons. The molecule has 2 aromatic carbocycles. The second-order valence-electron chi connectivity index (χ2n) is 7.12. The average molecular weight is 279 g/mol. The zero-order valence-electron chi connectivity index (χ0n) is 13.3. The van der Waals surface area contributed by atoms with Gasteiger partial charge in [0.15, 0.2) is 0 Å². The lowest BCUT2D eigenvalue weighted by atomic mass is 9.86. The first-order valence-corrected chi connectivity index (χ1v) is 7.99. The van der Waals surface area contributed by atoms with Crippen LogP contribution in [0.5, 0.6) is 0 Å². The Morgan fingerprint density at radius 1 is 0.952 bits per heavy atom. The minimum Gasteiger partial charge on any atom is -0.378 e. The molecule has 0 spiro atoms. The molecular weight excluding hydrogens is 254 g/mol. The highest BCUT2D eigenvalue weighted by Crippen LogP contribution is 2.33. The number of benzene rings is 2. The van der Waals surface area contributed by atoms with Crippen LogP contribution >= 0.6 is 0 Å². The fourth-order valence-corrected chi connectivity index (χ4v) is 3.17. The summed E-state index contributed by atoms with van der Waals surface area (Å²) in [6, 6.07) is 18.2. The molecule has 1 unspecified atom stereocenters. The summed E-state index contributed by atoms with van der Waals surface area (Å²) in [5, 5.41) is 3.72. The molecule has 0 fully saturated rings. The molecule has 0 aromatic heterocycles. The van der Waals surface area contributed by atoms with Gasteiger partial charge in [0.2, 0.25) is 0 Å². The van der Waals surface area contributed by atoms with E-state index in [0.29, 0.717) is 6.04 Å². The molecular formula is C20H25N. The minimum atomic E-state index is 0.218. The van der Waals surface area contributed by atoms with Gasteiger partial charge in [-0.05, 0) is 53.5 Å². The average Bonchev–Trinajstić information content (AvgIpc) is 2.47. The highest BCUT2D eigenvalue weighted by Gasteiger charge is 2.19. The monoisotopic (exact) mass is 279 g/mol. The van der Waals surface area contributed by atoms with Crippen LogP contribution in [0, 0.1) is 0 Å². The number of fused-ring (bicyclic) bond motifs is 1. The molecule has 3 rings (SSSR count). The summed E-state index contributed by atoms with van der Waals surface area (Å²) < 4.78 is 0. The van der Waals surface area contributed by atoms with E-state index in [2.05, 4.69) is 74.6 Å². The van der Waals surface area contributed by atoms with Crippen molar-refractivity contribution in [3.63, 3.8) is 0 Å². The first-order valence-electron chi connectivity index (χ1n) is 7.99. The van der Waals surface area contributed by atoms with Gasteiger partial charge in [-0.1, -0.05) is 57.2 Å². The first-order chi connectivity index (χ1) is 10.0. The van der Waals surface area contributed by atoms with Crippen LogP contribution in [0.4, 0.5) is 5.69 Å². The number of hydrogen-bond acceptors (Lipinski definition) is 1. The summed E-state index contributed by atoms with van der Waals surface area (Å²) in [5.74, 6) is 0. The Bertz CT molecular complexity index is 604. The fourth-order valence-electron chi connectivity index (χ4n) is 3.17. The van der Waals surface area contributed by atoms with Crippen molar-refractivity contribution in [2.45, 2.75) is 51.5 Å². The Hall–Kier alpha value is -1.76. The van der Waals surface area contributed by atoms with Gasteiger partial charge in [0.05, 0.1) is 6.04 Å². The van der Waals surface area contributed by atoms with Crippen LogP contribution in [0.15, 0.2) is 48.5 Å². The van der Waals surface area contributed by atoms with Gasteiger partial charge < -0.3 is 5.32 Å². The van der Waals surface area contributed by atoms with Gasteiger partial charge in [0.1, 0.15) is 0 Å². The van der Waals surface area contributed by atoms with Crippen molar-refractivity contribution < 1.29 is 0 Å². The highest BCUT2D eigenvalue weighted by molar-refractivity contribution is 5.49. The number of rotatable bonds is 2. The first kappa shape index (κ1) is 14.2. The summed E-state index contributed by atoms with van der Waals surface area (Å²) in [6.45, 7) is 6.77. The highest BCUT2D eigenvalue weighted by atomic mass is 14.9.